The van der Waals surface area contributed by atoms with Gasteiger partial charge in [-0.25, -0.2) is 0 Å². The van der Waals surface area contributed by atoms with Gasteiger partial charge in [0.25, 0.3) is 11.7 Å². The maximum absolute atomic E-state index is 12.7. The summed E-state index contributed by atoms with van der Waals surface area (Å²) in [7, 11) is 3.30. The standard InChI is InChI=1S/C15H19NO4/c1-16(12-9-19-10-12)14(17)15(18-2)8-7-11-5-3-4-6-13(11)20-15/h3-6,12H,7-10H2,1-2H3. The number of benzene rings is 1. The predicted molar refractivity (Wildman–Crippen MR) is 72.5 cm³/mol. The number of amides is 1. The van der Waals surface area contributed by atoms with Gasteiger partial charge in [-0.05, 0) is 18.1 Å². The van der Waals surface area contributed by atoms with Crippen LogP contribution in [-0.2, 0) is 20.7 Å². The van der Waals surface area contributed by atoms with E-state index in [-0.39, 0.29) is 11.9 Å². The van der Waals surface area contributed by atoms with Gasteiger partial charge in [-0.3, -0.25) is 4.79 Å². The molecule has 2 heterocycles. The van der Waals surface area contributed by atoms with Crippen LogP contribution in [0.4, 0.5) is 0 Å². The maximum atomic E-state index is 12.7. The van der Waals surface area contributed by atoms with Gasteiger partial charge in [0, 0.05) is 20.6 Å². The molecule has 0 spiro atoms. The molecule has 1 unspecified atom stereocenters. The average molecular weight is 277 g/mol. The monoisotopic (exact) mass is 277 g/mol. The largest absolute Gasteiger partial charge is 0.453 e. The molecule has 0 aromatic heterocycles. The van der Waals surface area contributed by atoms with Crippen molar-refractivity contribution in [2.24, 2.45) is 0 Å². The molecule has 0 N–H and O–H groups in total. The fourth-order valence-corrected chi connectivity index (χ4v) is 2.60. The van der Waals surface area contributed by atoms with Crippen LogP contribution >= 0.6 is 0 Å². The Balaban J connectivity index is 1.83. The summed E-state index contributed by atoms with van der Waals surface area (Å²) in [5.41, 5.74) is 1.11. The normalized spacial score (nSPS) is 25.3. The molecule has 108 valence electrons. The average Bonchev–Trinajstić information content (AvgIpc) is 2.44. The number of hydrogen-bond donors (Lipinski definition) is 0. The van der Waals surface area contributed by atoms with Crippen molar-refractivity contribution in [3.05, 3.63) is 29.8 Å². The summed E-state index contributed by atoms with van der Waals surface area (Å²) in [5.74, 6) is -0.617. The van der Waals surface area contributed by atoms with Crippen LogP contribution in [-0.4, -0.2) is 50.0 Å². The van der Waals surface area contributed by atoms with Crippen molar-refractivity contribution < 1.29 is 19.0 Å². The lowest BCUT2D eigenvalue weighted by Crippen LogP contribution is -2.60. The molecule has 5 heteroatoms. The number of ether oxygens (including phenoxy) is 3. The molecule has 2 aliphatic heterocycles. The van der Waals surface area contributed by atoms with Gasteiger partial charge < -0.3 is 19.1 Å². The summed E-state index contributed by atoms with van der Waals surface area (Å²) in [4.78, 5) is 14.4. The van der Waals surface area contributed by atoms with Crippen LogP contribution in [0.2, 0.25) is 0 Å². The summed E-state index contributed by atoms with van der Waals surface area (Å²) in [6.07, 6.45) is 1.29. The number of carbonyl (C=O) groups excluding carboxylic acids is 1. The molecule has 1 aromatic carbocycles. The summed E-state index contributed by atoms with van der Waals surface area (Å²) < 4.78 is 16.5. The van der Waals surface area contributed by atoms with Crippen molar-refractivity contribution in [1.29, 1.82) is 0 Å². The van der Waals surface area contributed by atoms with Gasteiger partial charge in [0.2, 0.25) is 0 Å². The Bertz CT molecular complexity index is 514. The molecule has 0 aliphatic carbocycles. The molecule has 1 saturated heterocycles. The Morgan fingerprint density at radius 1 is 1.40 bits per heavy atom. The van der Waals surface area contributed by atoms with Crippen molar-refractivity contribution >= 4 is 5.91 Å². The first-order chi connectivity index (χ1) is 9.66. The van der Waals surface area contributed by atoms with Crippen molar-refractivity contribution in [1.82, 2.24) is 4.90 Å². The molecule has 1 amide bonds. The molecule has 2 aliphatic rings. The minimum atomic E-state index is -1.21. The molecule has 20 heavy (non-hydrogen) atoms. The molecule has 1 aromatic rings. The minimum Gasteiger partial charge on any atom is -0.453 e. The lowest BCUT2D eigenvalue weighted by molar-refractivity contribution is -0.207. The highest BCUT2D eigenvalue weighted by Gasteiger charge is 2.47. The zero-order valence-corrected chi connectivity index (χ0v) is 11.8. The molecule has 0 bridgehead atoms. The van der Waals surface area contributed by atoms with Crippen LogP contribution < -0.4 is 4.74 Å². The highest BCUT2D eigenvalue weighted by molar-refractivity contribution is 5.84. The number of para-hydroxylation sites is 1. The highest BCUT2D eigenvalue weighted by Crippen LogP contribution is 2.35. The second-order valence-corrected chi connectivity index (χ2v) is 5.27. The summed E-state index contributed by atoms with van der Waals surface area (Å²) in [6, 6.07) is 7.89. The minimum absolute atomic E-state index is 0.121. The zero-order chi connectivity index (χ0) is 14.2. The zero-order valence-electron chi connectivity index (χ0n) is 11.8. The first kappa shape index (κ1) is 13.4. The fraction of sp³-hybridized carbons (Fsp3) is 0.533. The highest BCUT2D eigenvalue weighted by atomic mass is 16.7. The van der Waals surface area contributed by atoms with Gasteiger partial charge >= 0.3 is 0 Å². The van der Waals surface area contributed by atoms with E-state index in [9.17, 15) is 4.79 Å². The van der Waals surface area contributed by atoms with Crippen LogP contribution in [0.25, 0.3) is 0 Å². The fourth-order valence-electron chi connectivity index (χ4n) is 2.60. The topological polar surface area (TPSA) is 48.0 Å². The van der Waals surface area contributed by atoms with E-state index in [0.717, 1.165) is 17.7 Å². The first-order valence-corrected chi connectivity index (χ1v) is 6.83. The number of methoxy groups -OCH3 is 1. The van der Waals surface area contributed by atoms with Gasteiger partial charge in [-0.2, -0.15) is 0 Å². The van der Waals surface area contributed by atoms with Crippen molar-refractivity contribution in [2.45, 2.75) is 24.7 Å². The van der Waals surface area contributed by atoms with Crippen LogP contribution in [0.1, 0.15) is 12.0 Å². The van der Waals surface area contributed by atoms with Crippen LogP contribution in [0.5, 0.6) is 5.75 Å². The molecule has 1 fully saturated rings. The smallest absolute Gasteiger partial charge is 0.295 e. The lowest BCUT2D eigenvalue weighted by atomic mass is 9.98. The molecule has 3 rings (SSSR count). The van der Waals surface area contributed by atoms with E-state index in [1.165, 1.54) is 7.11 Å². The van der Waals surface area contributed by atoms with E-state index in [2.05, 4.69) is 0 Å². The number of rotatable bonds is 3. The summed E-state index contributed by atoms with van der Waals surface area (Å²) >= 11 is 0. The van der Waals surface area contributed by atoms with E-state index in [4.69, 9.17) is 14.2 Å². The number of carbonyl (C=O) groups is 1. The SMILES string of the molecule is COC1(C(=O)N(C)C2COC2)CCc2ccccc2O1. The van der Waals surface area contributed by atoms with Crippen LogP contribution in [0.15, 0.2) is 24.3 Å². The second kappa shape index (κ2) is 5.07. The Labute approximate surface area is 118 Å². The maximum Gasteiger partial charge on any atom is 0.295 e. The van der Waals surface area contributed by atoms with Crippen LogP contribution in [0, 0.1) is 0 Å². The quantitative estimate of drug-likeness (QED) is 0.833. The predicted octanol–water partition coefficient (Wildman–Crippen LogP) is 1.21. The third kappa shape index (κ3) is 2.07. The first-order valence-electron chi connectivity index (χ1n) is 6.83. The Morgan fingerprint density at radius 2 is 2.15 bits per heavy atom. The molecule has 0 saturated carbocycles. The third-order valence-electron chi connectivity index (χ3n) is 4.12. The molecule has 1 atom stereocenters. The van der Waals surface area contributed by atoms with Crippen molar-refractivity contribution in [2.75, 3.05) is 27.4 Å². The van der Waals surface area contributed by atoms with Crippen LogP contribution in [0.3, 0.4) is 0 Å². The van der Waals surface area contributed by atoms with E-state index in [1.807, 2.05) is 24.3 Å². The van der Waals surface area contributed by atoms with E-state index < -0.39 is 5.79 Å². The van der Waals surface area contributed by atoms with E-state index in [0.29, 0.717) is 19.6 Å². The van der Waals surface area contributed by atoms with E-state index in [1.54, 1.807) is 11.9 Å². The van der Waals surface area contributed by atoms with Gasteiger partial charge in [-0.1, -0.05) is 18.2 Å². The third-order valence-corrected chi connectivity index (χ3v) is 4.12. The second-order valence-electron chi connectivity index (χ2n) is 5.27. The Kier molecular flexibility index (Phi) is 3.40. The van der Waals surface area contributed by atoms with Gasteiger partial charge in [0.1, 0.15) is 5.75 Å². The van der Waals surface area contributed by atoms with Gasteiger partial charge in [-0.15, -0.1) is 0 Å². The van der Waals surface area contributed by atoms with Gasteiger partial charge in [0.15, 0.2) is 0 Å². The number of likely N-dealkylation sites (N-methyl/N-ethyl adjacent to an activating group) is 1. The summed E-state index contributed by atoms with van der Waals surface area (Å²) in [5, 5.41) is 0. The van der Waals surface area contributed by atoms with Crippen molar-refractivity contribution in [3.8, 4) is 5.75 Å². The van der Waals surface area contributed by atoms with Gasteiger partial charge in [0.05, 0.1) is 19.3 Å². The molecular formula is C15H19NO4. The Morgan fingerprint density at radius 3 is 2.80 bits per heavy atom. The Hall–Kier alpha value is -1.59. The number of aryl methyl sites for hydroxylation is 1. The molecule has 0 radical (unpaired) electrons. The number of nitrogens with zero attached hydrogens (tertiary/aromatic N) is 1. The molecular weight excluding hydrogens is 258 g/mol. The lowest BCUT2D eigenvalue weighted by Gasteiger charge is -2.42. The number of fused-ring (bicyclic) bond motifs is 1. The summed E-state index contributed by atoms with van der Waals surface area (Å²) in [6.45, 7) is 1.16. The van der Waals surface area contributed by atoms with E-state index >= 15 is 0 Å². The number of hydrogen-bond acceptors (Lipinski definition) is 4. The molecule has 5 nitrogen and oxygen atoms in total. The van der Waals surface area contributed by atoms with Crippen molar-refractivity contribution in [3.63, 3.8) is 0 Å².